The van der Waals surface area contributed by atoms with Gasteiger partial charge in [0.2, 0.25) is 0 Å². The second-order valence-electron chi connectivity index (χ2n) is 5.06. The van der Waals surface area contributed by atoms with Crippen molar-refractivity contribution >= 4 is 11.7 Å². The van der Waals surface area contributed by atoms with Crippen LogP contribution in [0.15, 0.2) is 12.1 Å². The number of nitrogens with zero attached hydrogens (tertiary/aromatic N) is 3. The number of hydrogen-bond donors (Lipinski definition) is 2. The van der Waals surface area contributed by atoms with Gasteiger partial charge in [-0.2, -0.15) is 0 Å². The van der Waals surface area contributed by atoms with E-state index in [0.717, 1.165) is 6.54 Å². The van der Waals surface area contributed by atoms with E-state index in [9.17, 15) is 4.79 Å². The first kappa shape index (κ1) is 12.8. The van der Waals surface area contributed by atoms with Gasteiger partial charge in [-0.15, -0.1) is 10.2 Å². The summed E-state index contributed by atoms with van der Waals surface area (Å²) < 4.78 is 0. The molecule has 1 aromatic rings. The average molecular weight is 249 g/mol. The fraction of sp³-hybridized carbons (Fsp3) is 0.583. The fourth-order valence-electron chi connectivity index (χ4n) is 1.68. The van der Waals surface area contributed by atoms with Gasteiger partial charge in [0, 0.05) is 20.6 Å². The zero-order valence-corrected chi connectivity index (χ0v) is 10.8. The molecule has 0 aromatic carbocycles. The molecule has 1 amide bonds. The number of nitrogens with two attached hydrogens (primary N) is 1. The Labute approximate surface area is 107 Å². The van der Waals surface area contributed by atoms with Crippen LogP contribution < -0.4 is 11.1 Å². The van der Waals surface area contributed by atoms with E-state index in [-0.39, 0.29) is 11.3 Å². The average Bonchev–Trinajstić information content (AvgIpc) is 3.17. The lowest BCUT2D eigenvalue weighted by Gasteiger charge is -2.13. The number of hydrogen-bond acceptors (Lipinski definition) is 5. The molecule has 1 aliphatic carbocycles. The standard InChI is InChI=1S/C12H19N5O/c1-17(2)11(18)9-3-4-10(16-15-9)14-8-12(7-13)5-6-12/h3-4H,5-8,13H2,1-2H3,(H,14,16). The Bertz CT molecular complexity index is 425. The molecule has 6 heteroatoms. The maximum Gasteiger partial charge on any atom is 0.273 e. The minimum absolute atomic E-state index is 0.144. The monoisotopic (exact) mass is 249 g/mol. The first-order chi connectivity index (χ1) is 8.56. The van der Waals surface area contributed by atoms with Crippen molar-refractivity contribution in [1.29, 1.82) is 0 Å². The first-order valence-electron chi connectivity index (χ1n) is 6.06. The van der Waals surface area contributed by atoms with E-state index in [1.165, 1.54) is 17.7 Å². The molecule has 6 nitrogen and oxygen atoms in total. The summed E-state index contributed by atoms with van der Waals surface area (Å²) in [6.07, 6.45) is 2.34. The van der Waals surface area contributed by atoms with Gasteiger partial charge < -0.3 is 16.0 Å². The Morgan fingerprint density at radius 1 is 1.44 bits per heavy atom. The van der Waals surface area contributed by atoms with Gasteiger partial charge in [-0.3, -0.25) is 4.79 Å². The molecule has 18 heavy (non-hydrogen) atoms. The van der Waals surface area contributed by atoms with Gasteiger partial charge in [-0.1, -0.05) is 0 Å². The van der Waals surface area contributed by atoms with Crippen LogP contribution in [0.25, 0.3) is 0 Å². The van der Waals surface area contributed by atoms with Crippen molar-refractivity contribution in [2.45, 2.75) is 12.8 Å². The van der Waals surface area contributed by atoms with Gasteiger partial charge in [0.25, 0.3) is 5.91 Å². The Hall–Kier alpha value is -1.69. The second-order valence-corrected chi connectivity index (χ2v) is 5.06. The topological polar surface area (TPSA) is 84.1 Å². The lowest BCUT2D eigenvalue weighted by atomic mass is 10.1. The third-order valence-corrected chi connectivity index (χ3v) is 3.32. The van der Waals surface area contributed by atoms with Crippen LogP contribution in [0.5, 0.6) is 0 Å². The Balaban J connectivity index is 1.93. The molecule has 0 spiro atoms. The van der Waals surface area contributed by atoms with Crippen molar-refractivity contribution < 1.29 is 4.79 Å². The highest BCUT2D eigenvalue weighted by atomic mass is 16.2. The maximum atomic E-state index is 11.6. The molecule has 0 bridgehead atoms. The molecule has 1 aliphatic rings. The number of nitrogens with one attached hydrogen (secondary N) is 1. The highest BCUT2D eigenvalue weighted by Gasteiger charge is 2.40. The van der Waals surface area contributed by atoms with Crippen molar-refractivity contribution in [3.05, 3.63) is 17.8 Å². The van der Waals surface area contributed by atoms with Crippen molar-refractivity contribution in [1.82, 2.24) is 15.1 Å². The first-order valence-corrected chi connectivity index (χ1v) is 6.06. The summed E-state index contributed by atoms with van der Waals surface area (Å²) in [5.74, 6) is 0.541. The number of amides is 1. The molecule has 1 heterocycles. The van der Waals surface area contributed by atoms with E-state index in [0.29, 0.717) is 18.1 Å². The van der Waals surface area contributed by atoms with Gasteiger partial charge in [-0.05, 0) is 36.9 Å². The summed E-state index contributed by atoms with van der Waals surface area (Å²) in [4.78, 5) is 13.1. The van der Waals surface area contributed by atoms with Crippen LogP contribution in [-0.4, -0.2) is 48.2 Å². The highest BCUT2D eigenvalue weighted by molar-refractivity contribution is 5.91. The van der Waals surface area contributed by atoms with Crippen molar-refractivity contribution in [2.75, 3.05) is 32.5 Å². The molecule has 1 fully saturated rings. The Morgan fingerprint density at radius 3 is 2.61 bits per heavy atom. The van der Waals surface area contributed by atoms with Crippen LogP contribution in [-0.2, 0) is 0 Å². The van der Waals surface area contributed by atoms with Gasteiger partial charge in [0.1, 0.15) is 5.82 Å². The van der Waals surface area contributed by atoms with Gasteiger partial charge in [-0.25, -0.2) is 0 Å². The predicted octanol–water partition coefficient (Wildman–Crippen LogP) is 0.329. The summed E-state index contributed by atoms with van der Waals surface area (Å²) in [6, 6.07) is 3.45. The van der Waals surface area contributed by atoms with E-state index < -0.39 is 0 Å². The fourth-order valence-corrected chi connectivity index (χ4v) is 1.68. The van der Waals surface area contributed by atoms with Crippen molar-refractivity contribution in [2.24, 2.45) is 11.1 Å². The lowest BCUT2D eigenvalue weighted by Crippen LogP contribution is -2.25. The summed E-state index contributed by atoms with van der Waals surface area (Å²) >= 11 is 0. The predicted molar refractivity (Wildman–Crippen MR) is 69.3 cm³/mol. The molecule has 0 radical (unpaired) electrons. The quantitative estimate of drug-likeness (QED) is 0.785. The number of aromatic nitrogens is 2. The molecule has 2 rings (SSSR count). The van der Waals surface area contributed by atoms with Crippen molar-refractivity contribution in [3.63, 3.8) is 0 Å². The minimum atomic E-state index is -0.144. The van der Waals surface area contributed by atoms with Crippen LogP contribution in [0.3, 0.4) is 0 Å². The minimum Gasteiger partial charge on any atom is -0.368 e. The Morgan fingerprint density at radius 2 is 2.17 bits per heavy atom. The largest absolute Gasteiger partial charge is 0.368 e. The van der Waals surface area contributed by atoms with E-state index in [2.05, 4.69) is 15.5 Å². The van der Waals surface area contributed by atoms with Crippen LogP contribution >= 0.6 is 0 Å². The second kappa shape index (κ2) is 4.89. The summed E-state index contributed by atoms with van der Waals surface area (Å²) in [5.41, 5.74) is 6.31. The number of carbonyl (C=O) groups excluding carboxylic acids is 1. The SMILES string of the molecule is CN(C)C(=O)c1ccc(NCC2(CN)CC2)nn1. The van der Waals surface area contributed by atoms with Gasteiger partial charge in [0.05, 0.1) is 0 Å². The van der Waals surface area contributed by atoms with Crippen molar-refractivity contribution in [3.8, 4) is 0 Å². The number of carbonyl (C=O) groups is 1. The molecule has 3 N–H and O–H groups in total. The number of anilines is 1. The third kappa shape index (κ3) is 2.76. The van der Waals surface area contributed by atoms with E-state index >= 15 is 0 Å². The molecule has 0 unspecified atom stereocenters. The lowest BCUT2D eigenvalue weighted by molar-refractivity contribution is 0.0821. The molecule has 0 aliphatic heterocycles. The van der Waals surface area contributed by atoms with E-state index in [1.807, 2.05) is 0 Å². The van der Waals surface area contributed by atoms with Crippen LogP contribution in [0.1, 0.15) is 23.3 Å². The molecule has 0 atom stereocenters. The summed E-state index contributed by atoms with van der Waals surface area (Å²) in [7, 11) is 3.38. The van der Waals surface area contributed by atoms with Crippen LogP contribution in [0, 0.1) is 5.41 Å². The molecule has 1 aromatic heterocycles. The van der Waals surface area contributed by atoms with E-state index in [4.69, 9.17) is 5.73 Å². The smallest absolute Gasteiger partial charge is 0.273 e. The number of rotatable bonds is 5. The highest BCUT2D eigenvalue weighted by Crippen LogP contribution is 2.44. The molecule has 1 saturated carbocycles. The van der Waals surface area contributed by atoms with E-state index in [1.54, 1.807) is 26.2 Å². The summed E-state index contributed by atoms with van der Waals surface area (Å²) in [6.45, 7) is 1.52. The molecule has 98 valence electrons. The third-order valence-electron chi connectivity index (χ3n) is 3.32. The molecular weight excluding hydrogens is 230 g/mol. The zero-order valence-electron chi connectivity index (χ0n) is 10.8. The van der Waals surface area contributed by atoms with Crippen LogP contribution in [0.4, 0.5) is 5.82 Å². The zero-order chi connectivity index (χ0) is 13.2. The molecule has 0 saturated heterocycles. The molecular formula is C12H19N5O. The van der Waals surface area contributed by atoms with Gasteiger partial charge >= 0.3 is 0 Å². The van der Waals surface area contributed by atoms with Crippen LogP contribution in [0.2, 0.25) is 0 Å². The Kier molecular flexibility index (Phi) is 3.47. The summed E-state index contributed by atoms with van der Waals surface area (Å²) in [5, 5.41) is 11.1. The maximum absolute atomic E-state index is 11.6. The van der Waals surface area contributed by atoms with Gasteiger partial charge in [0.15, 0.2) is 5.69 Å². The normalized spacial score (nSPS) is 16.2.